The summed E-state index contributed by atoms with van der Waals surface area (Å²) < 4.78 is 35.3. The normalized spacial score (nSPS) is 18.4. The van der Waals surface area contributed by atoms with Crippen LogP contribution in [0.4, 0.5) is 29.7 Å². The number of carbonyl (C=O) groups is 3. The fourth-order valence-corrected chi connectivity index (χ4v) is 3.85. The number of ether oxygens (including phenoxy) is 1. The summed E-state index contributed by atoms with van der Waals surface area (Å²) in [6.07, 6.45) is 0.813. The Kier molecular flexibility index (Phi) is 7.39. The van der Waals surface area contributed by atoms with Gasteiger partial charge in [-0.05, 0) is 13.3 Å². The Morgan fingerprint density at radius 1 is 1.23 bits per heavy atom. The SMILES string of the molecule is CC(=O)CC[C@H]1CN(c2cc(F)c(N3CCON(C(=O)NCc4cn[nH]n4)CC3)c(F)c2)C(=O)O1. The molecule has 3 heterocycles. The minimum absolute atomic E-state index is 0.0221. The van der Waals surface area contributed by atoms with Gasteiger partial charge in [0.15, 0.2) is 11.6 Å². The zero-order chi connectivity index (χ0) is 24.9. The van der Waals surface area contributed by atoms with Crippen LogP contribution < -0.4 is 15.1 Å². The monoisotopic (exact) mass is 493 g/mol. The molecule has 0 radical (unpaired) electrons. The van der Waals surface area contributed by atoms with Gasteiger partial charge in [0, 0.05) is 31.6 Å². The molecule has 12 nitrogen and oxygen atoms in total. The van der Waals surface area contributed by atoms with Crippen molar-refractivity contribution in [2.75, 3.05) is 42.6 Å². The molecule has 2 fully saturated rings. The number of anilines is 2. The zero-order valence-electron chi connectivity index (χ0n) is 19.0. The number of aromatic nitrogens is 3. The number of amides is 3. The second-order valence-corrected chi connectivity index (χ2v) is 8.16. The Labute approximate surface area is 199 Å². The Hall–Kier alpha value is -3.81. The van der Waals surface area contributed by atoms with Crippen LogP contribution in [0, 0.1) is 11.6 Å². The summed E-state index contributed by atoms with van der Waals surface area (Å²) in [6.45, 7) is 2.01. The molecule has 188 valence electrons. The number of H-pyrrole nitrogens is 1. The lowest BCUT2D eigenvalue weighted by Gasteiger charge is -2.24. The van der Waals surface area contributed by atoms with E-state index < -0.39 is 29.9 Å². The van der Waals surface area contributed by atoms with Crippen LogP contribution in [0.1, 0.15) is 25.5 Å². The average molecular weight is 493 g/mol. The van der Waals surface area contributed by atoms with Crippen LogP contribution in [0.15, 0.2) is 18.3 Å². The van der Waals surface area contributed by atoms with E-state index in [0.29, 0.717) is 12.1 Å². The van der Waals surface area contributed by atoms with Crippen molar-refractivity contribution >= 4 is 29.3 Å². The maximum atomic E-state index is 15.0. The Bertz CT molecular complexity index is 1060. The van der Waals surface area contributed by atoms with Crippen LogP contribution in [0.5, 0.6) is 0 Å². The molecule has 35 heavy (non-hydrogen) atoms. The zero-order valence-corrected chi connectivity index (χ0v) is 19.0. The van der Waals surface area contributed by atoms with Gasteiger partial charge in [0.25, 0.3) is 0 Å². The van der Waals surface area contributed by atoms with Gasteiger partial charge in [0.05, 0.1) is 38.1 Å². The minimum atomic E-state index is -0.857. The molecular formula is C21H25F2N7O5. The summed E-state index contributed by atoms with van der Waals surface area (Å²) in [5.74, 6) is -1.75. The summed E-state index contributed by atoms with van der Waals surface area (Å²) in [7, 11) is 0. The number of Topliss-reactive ketones (excluding diaryl/α,β-unsaturated/α-hetero) is 1. The third-order valence-electron chi connectivity index (χ3n) is 5.62. The molecule has 1 atom stereocenters. The number of cyclic esters (lactones) is 1. The highest BCUT2D eigenvalue weighted by molar-refractivity contribution is 5.90. The highest BCUT2D eigenvalue weighted by atomic mass is 19.1. The van der Waals surface area contributed by atoms with E-state index in [2.05, 4.69) is 20.7 Å². The number of benzene rings is 1. The molecule has 0 unspecified atom stereocenters. The minimum Gasteiger partial charge on any atom is -0.444 e. The lowest BCUT2D eigenvalue weighted by molar-refractivity contribution is -0.117. The number of aromatic amines is 1. The van der Waals surface area contributed by atoms with Crippen molar-refractivity contribution in [2.24, 2.45) is 0 Å². The summed E-state index contributed by atoms with van der Waals surface area (Å²) in [5, 5.41) is 13.6. The first-order valence-corrected chi connectivity index (χ1v) is 11.1. The average Bonchev–Trinajstić information content (AvgIpc) is 3.39. The van der Waals surface area contributed by atoms with E-state index in [-0.39, 0.29) is 62.9 Å². The van der Waals surface area contributed by atoms with E-state index in [1.165, 1.54) is 18.0 Å². The fraction of sp³-hybridized carbons (Fsp3) is 0.476. The summed E-state index contributed by atoms with van der Waals surface area (Å²) in [5.41, 5.74) is 0.285. The number of hydrogen-bond acceptors (Lipinski definition) is 8. The largest absolute Gasteiger partial charge is 0.444 e. The van der Waals surface area contributed by atoms with Crippen LogP contribution >= 0.6 is 0 Å². The maximum absolute atomic E-state index is 15.0. The Morgan fingerprint density at radius 2 is 2.00 bits per heavy atom. The number of ketones is 1. The van der Waals surface area contributed by atoms with Crippen molar-refractivity contribution in [1.29, 1.82) is 0 Å². The number of carbonyl (C=O) groups excluding carboxylic acids is 3. The van der Waals surface area contributed by atoms with E-state index in [4.69, 9.17) is 9.57 Å². The van der Waals surface area contributed by atoms with Crippen molar-refractivity contribution in [3.63, 3.8) is 0 Å². The van der Waals surface area contributed by atoms with Gasteiger partial charge >= 0.3 is 12.1 Å². The predicted octanol–water partition coefficient (Wildman–Crippen LogP) is 1.74. The molecule has 0 aliphatic carbocycles. The number of rotatable bonds is 7. The molecule has 0 saturated carbocycles. The quantitative estimate of drug-likeness (QED) is 0.596. The highest BCUT2D eigenvalue weighted by Crippen LogP contribution is 2.32. The first kappa shape index (κ1) is 24.3. The van der Waals surface area contributed by atoms with Crippen molar-refractivity contribution in [2.45, 2.75) is 32.4 Å². The first-order chi connectivity index (χ1) is 16.8. The van der Waals surface area contributed by atoms with Crippen molar-refractivity contribution in [1.82, 2.24) is 25.8 Å². The second-order valence-electron chi connectivity index (χ2n) is 8.16. The molecule has 1 aromatic carbocycles. The summed E-state index contributed by atoms with van der Waals surface area (Å²) in [6, 6.07) is 1.63. The Morgan fingerprint density at radius 3 is 2.69 bits per heavy atom. The van der Waals surface area contributed by atoms with Crippen molar-refractivity contribution < 1.29 is 32.7 Å². The third kappa shape index (κ3) is 5.82. The van der Waals surface area contributed by atoms with Gasteiger partial charge in [-0.3, -0.25) is 9.74 Å². The van der Waals surface area contributed by atoms with Gasteiger partial charge in [-0.15, -0.1) is 0 Å². The van der Waals surface area contributed by atoms with Crippen molar-refractivity contribution in [3.05, 3.63) is 35.7 Å². The van der Waals surface area contributed by atoms with E-state index in [1.54, 1.807) is 0 Å². The molecule has 0 bridgehead atoms. The van der Waals surface area contributed by atoms with Gasteiger partial charge in [0.2, 0.25) is 0 Å². The molecule has 2 aromatic rings. The van der Waals surface area contributed by atoms with Gasteiger partial charge in [-0.1, -0.05) is 0 Å². The Balaban J connectivity index is 1.39. The lowest BCUT2D eigenvalue weighted by atomic mass is 10.1. The third-order valence-corrected chi connectivity index (χ3v) is 5.62. The lowest BCUT2D eigenvalue weighted by Crippen LogP contribution is -2.41. The van der Waals surface area contributed by atoms with Gasteiger partial charge in [0.1, 0.15) is 23.3 Å². The molecule has 14 heteroatoms. The number of halogens is 2. The van der Waals surface area contributed by atoms with E-state index >= 15 is 8.78 Å². The summed E-state index contributed by atoms with van der Waals surface area (Å²) in [4.78, 5) is 43.8. The molecule has 0 spiro atoms. The van der Waals surface area contributed by atoms with Crippen LogP contribution in [-0.2, 0) is 20.9 Å². The topological polar surface area (TPSA) is 133 Å². The van der Waals surface area contributed by atoms with Crippen LogP contribution in [0.3, 0.4) is 0 Å². The number of hydrogen-bond donors (Lipinski definition) is 2. The number of nitrogens with one attached hydrogen (secondary N) is 2. The second kappa shape index (κ2) is 10.6. The maximum Gasteiger partial charge on any atom is 0.414 e. The molecule has 2 aliphatic heterocycles. The predicted molar refractivity (Wildman–Crippen MR) is 117 cm³/mol. The molecular weight excluding hydrogens is 468 g/mol. The van der Waals surface area contributed by atoms with Crippen LogP contribution in [-0.4, -0.2) is 77.3 Å². The molecule has 2 N–H and O–H groups in total. The molecule has 2 aliphatic rings. The summed E-state index contributed by atoms with van der Waals surface area (Å²) >= 11 is 0. The van der Waals surface area contributed by atoms with E-state index in [9.17, 15) is 14.4 Å². The van der Waals surface area contributed by atoms with Gasteiger partial charge in [-0.2, -0.15) is 15.4 Å². The van der Waals surface area contributed by atoms with Gasteiger partial charge < -0.3 is 19.7 Å². The molecule has 4 rings (SSSR count). The number of hydroxylamine groups is 2. The van der Waals surface area contributed by atoms with E-state index in [1.807, 2.05) is 0 Å². The first-order valence-electron chi connectivity index (χ1n) is 11.1. The standard InChI is InChI=1S/C21H25F2N7O5/c1-13(31)2-3-16-12-29(21(33)35-16)15-8-17(22)19(18(23)9-15)28-4-5-30(34-7-6-28)20(32)24-10-14-11-25-27-26-14/h8-9,11,16H,2-7,10,12H2,1H3,(H,24,32)(H,25,26,27)/t16-/m0/s1. The smallest absolute Gasteiger partial charge is 0.414 e. The molecule has 1 aromatic heterocycles. The van der Waals surface area contributed by atoms with Crippen LogP contribution in [0.2, 0.25) is 0 Å². The fourth-order valence-electron chi connectivity index (χ4n) is 3.85. The van der Waals surface area contributed by atoms with Crippen LogP contribution in [0.25, 0.3) is 0 Å². The highest BCUT2D eigenvalue weighted by Gasteiger charge is 2.34. The molecule has 2 saturated heterocycles. The van der Waals surface area contributed by atoms with Gasteiger partial charge in [-0.25, -0.2) is 23.4 Å². The molecule has 3 amide bonds. The van der Waals surface area contributed by atoms with Crippen molar-refractivity contribution in [3.8, 4) is 0 Å². The number of urea groups is 1. The number of nitrogens with zero attached hydrogens (tertiary/aromatic N) is 5. The van der Waals surface area contributed by atoms with E-state index in [0.717, 1.165) is 22.1 Å².